The Bertz CT molecular complexity index is 732. The van der Waals surface area contributed by atoms with E-state index in [1.807, 2.05) is 11.9 Å². The van der Waals surface area contributed by atoms with Crippen LogP contribution in [0.1, 0.15) is 68.6 Å². The number of ketones is 1. The van der Waals surface area contributed by atoms with Gasteiger partial charge in [0.05, 0.1) is 11.5 Å². The minimum atomic E-state index is -0.669. The fourth-order valence-electron chi connectivity index (χ4n) is 3.53. The van der Waals surface area contributed by atoms with Crippen LogP contribution in [0.5, 0.6) is 5.75 Å². The second-order valence-electron chi connectivity index (χ2n) is 7.22. The molecule has 0 N–H and O–H groups in total. The maximum Gasteiger partial charge on any atom is 0.298 e. The van der Waals surface area contributed by atoms with Crippen LogP contribution < -0.4 is 4.74 Å². The molecule has 1 aliphatic carbocycles. The largest absolute Gasteiger partial charge is 0.494 e. The molecule has 0 bridgehead atoms. The SMILES string of the molecule is CC(=O)c1cc(OCCCCC(=O)N(C)C2CCCCC2)cc(Cl)c1[N+](=O)[O-]. The number of benzene rings is 1. The second kappa shape index (κ2) is 10.4. The normalized spacial score (nSPS) is 14.5. The molecule has 1 fully saturated rings. The number of nitro benzene ring substituents is 1. The number of Topliss-reactive ketones (excluding diaryl/α,β-unsaturated/α-hetero) is 1. The summed E-state index contributed by atoms with van der Waals surface area (Å²) in [6, 6.07) is 3.05. The topological polar surface area (TPSA) is 89.8 Å². The summed E-state index contributed by atoms with van der Waals surface area (Å²) in [5.74, 6) is 0.0194. The number of nitrogens with zero attached hydrogens (tertiary/aromatic N) is 2. The van der Waals surface area contributed by atoms with Gasteiger partial charge in [0.1, 0.15) is 16.3 Å². The average Bonchev–Trinajstić information content (AvgIpc) is 2.66. The summed E-state index contributed by atoms with van der Waals surface area (Å²) < 4.78 is 5.59. The van der Waals surface area contributed by atoms with E-state index in [-0.39, 0.29) is 16.5 Å². The highest BCUT2D eigenvalue weighted by atomic mass is 35.5. The van der Waals surface area contributed by atoms with Crippen molar-refractivity contribution < 1.29 is 19.2 Å². The third kappa shape index (κ3) is 5.92. The molecule has 0 radical (unpaired) electrons. The van der Waals surface area contributed by atoms with Crippen LogP contribution in [-0.4, -0.2) is 41.2 Å². The molecule has 1 aromatic rings. The van der Waals surface area contributed by atoms with Gasteiger partial charge in [-0.05, 0) is 38.7 Å². The van der Waals surface area contributed by atoms with Gasteiger partial charge in [0.15, 0.2) is 5.78 Å². The second-order valence-corrected chi connectivity index (χ2v) is 7.62. The molecular weight excluding hydrogens is 384 g/mol. The highest BCUT2D eigenvalue weighted by Crippen LogP contribution is 2.33. The van der Waals surface area contributed by atoms with Crippen LogP contribution in [0.15, 0.2) is 12.1 Å². The van der Waals surface area contributed by atoms with Gasteiger partial charge in [-0.3, -0.25) is 19.7 Å². The van der Waals surface area contributed by atoms with E-state index in [2.05, 4.69) is 0 Å². The van der Waals surface area contributed by atoms with E-state index in [0.29, 0.717) is 37.7 Å². The van der Waals surface area contributed by atoms with E-state index < -0.39 is 16.4 Å². The number of carbonyl (C=O) groups excluding carboxylic acids is 2. The molecule has 8 heteroatoms. The first-order valence-corrected chi connectivity index (χ1v) is 10.1. The maximum absolute atomic E-state index is 12.3. The monoisotopic (exact) mass is 410 g/mol. The molecular formula is C20H27ClN2O5. The molecule has 28 heavy (non-hydrogen) atoms. The Balaban J connectivity index is 1.81. The smallest absolute Gasteiger partial charge is 0.298 e. The van der Waals surface area contributed by atoms with Crippen molar-refractivity contribution in [3.05, 3.63) is 32.8 Å². The molecule has 1 aliphatic rings. The molecule has 0 saturated heterocycles. The van der Waals surface area contributed by atoms with Gasteiger partial charge in [-0.2, -0.15) is 0 Å². The first-order valence-electron chi connectivity index (χ1n) is 9.68. The lowest BCUT2D eigenvalue weighted by Crippen LogP contribution is -2.38. The zero-order valence-corrected chi connectivity index (χ0v) is 17.2. The van der Waals surface area contributed by atoms with Crippen molar-refractivity contribution in [2.24, 2.45) is 0 Å². The van der Waals surface area contributed by atoms with Crippen LogP contribution >= 0.6 is 11.6 Å². The van der Waals surface area contributed by atoms with Crippen molar-refractivity contribution in [1.29, 1.82) is 0 Å². The first-order chi connectivity index (χ1) is 13.3. The number of carbonyl (C=O) groups is 2. The Hall–Kier alpha value is -2.15. The minimum absolute atomic E-state index is 0.0724. The van der Waals surface area contributed by atoms with Crippen molar-refractivity contribution in [3.63, 3.8) is 0 Å². The molecule has 2 rings (SSSR count). The molecule has 0 atom stereocenters. The summed E-state index contributed by atoms with van der Waals surface area (Å²) in [6.45, 7) is 1.59. The standard InChI is InChI=1S/C20H27ClN2O5/c1-14(24)17-12-16(13-18(21)20(17)23(26)27)28-11-7-6-10-19(25)22(2)15-8-4-3-5-9-15/h12-13,15H,3-11H2,1-2H3. The molecule has 0 unspecified atom stereocenters. The first kappa shape index (κ1) is 22.1. The quantitative estimate of drug-likeness (QED) is 0.252. The highest BCUT2D eigenvalue weighted by molar-refractivity contribution is 6.33. The number of halogens is 1. The summed E-state index contributed by atoms with van der Waals surface area (Å²) in [5, 5.41) is 11.0. The lowest BCUT2D eigenvalue weighted by atomic mass is 9.94. The number of nitro groups is 1. The number of hydrogen-bond donors (Lipinski definition) is 0. The van der Waals surface area contributed by atoms with Crippen molar-refractivity contribution in [2.75, 3.05) is 13.7 Å². The number of rotatable bonds is 9. The molecule has 154 valence electrons. The summed E-state index contributed by atoms with van der Waals surface area (Å²) in [7, 11) is 1.89. The van der Waals surface area contributed by atoms with Crippen LogP contribution in [0.3, 0.4) is 0 Å². The van der Waals surface area contributed by atoms with Crippen LogP contribution in [0, 0.1) is 10.1 Å². The summed E-state index contributed by atoms with van der Waals surface area (Å²) in [5.41, 5.74) is -0.477. The van der Waals surface area contributed by atoms with Gasteiger partial charge in [-0.1, -0.05) is 30.9 Å². The molecule has 7 nitrogen and oxygen atoms in total. The van der Waals surface area contributed by atoms with Gasteiger partial charge in [0, 0.05) is 25.6 Å². The average molecular weight is 411 g/mol. The number of unbranched alkanes of at least 4 members (excludes halogenated alkanes) is 1. The number of amides is 1. The molecule has 0 aromatic heterocycles. The van der Waals surface area contributed by atoms with Crippen molar-refractivity contribution in [1.82, 2.24) is 4.90 Å². The van der Waals surface area contributed by atoms with Crippen LogP contribution in [-0.2, 0) is 4.79 Å². The molecule has 0 spiro atoms. The summed E-state index contributed by atoms with van der Waals surface area (Å²) in [4.78, 5) is 36.3. The van der Waals surface area contributed by atoms with Gasteiger partial charge in [-0.25, -0.2) is 0 Å². The van der Waals surface area contributed by atoms with Crippen molar-refractivity contribution in [2.45, 2.75) is 64.3 Å². The van der Waals surface area contributed by atoms with Gasteiger partial charge >= 0.3 is 0 Å². The third-order valence-corrected chi connectivity index (χ3v) is 5.46. The molecule has 1 amide bonds. The van der Waals surface area contributed by atoms with E-state index in [9.17, 15) is 19.7 Å². The Morgan fingerprint density at radius 3 is 2.54 bits per heavy atom. The Labute approximate surface area is 170 Å². The minimum Gasteiger partial charge on any atom is -0.494 e. The third-order valence-electron chi connectivity index (χ3n) is 5.17. The molecule has 1 aromatic carbocycles. The number of ether oxygens (including phenoxy) is 1. The Morgan fingerprint density at radius 1 is 1.25 bits per heavy atom. The van der Waals surface area contributed by atoms with E-state index in [0.717, 1.165) is 12.8 Å². The highest BCUT2D eigenvalue weighted by Gasteiger charge is 2.24. The number of hydrogen-bond acceptors (Lipinski definition) is 5. The molecule has 0 heterocycles. The maximum atomic E-state index is 12.3. The van der Waals surface area contributed by atoms with Crippen LogP contribution in [0.4, 0.5) is 5.69 Å². The van der Waals surface area contributed by atoms with E-state index >= 15 is 0 Å². The van der Waals surface area contributed by atoms with E-state index in [1.165, 1.54) is 38.3 Å². The van der Waals surface area contributed by atoms with Crippen molar-refractivity contribution >= 4 is 29.0 Å². The van der Waals surface area contributed by atoms with Crippen LogP contribution in [0.2, 0.25) is 5.02 Å². The van der Waals surface area contributed by atoms with Crippen molar-refractivity contribution in [3.8, 4) is 5.75 Å². The summed E-state index contributed by atoms with van der Waals surface area (Å²) in [6.07, 6.45) is 7.64. The van der Waals surface area contributed by atoms with Gasteiger partial charge in [0.25, 0.3) is 5.69 Å². The van der Waals surface area contributed by atoms with Gasteiger partial charge in [-0.15, -0.1) is 0 Å². The Morgan fingerprint density at radius 2 is 1.93 bits per heavy atom. The molecule has 1 saturated carbocycles. The predicted octanol–water partition coefficient (Wildman–Crippen LogP) is 4.79. The zero-order chi connectivity index (χ0) is 20.7. The fourth-order valence-corrected chi connectivity index (χ4v) is 3.81. The predicted molar refractivity (Wildman–Crippen MR) is 107 cm³/mol. The van der Waals surface area contributed by atoms with Crippen LogP contribution in [0.25, 0.3) is 0 Å². The van der Waals surface area contributed by atoms with E-state index in [4.69, 9.17) is 16.3 Å². The lowest BCUT2D eigenvalue weighted by molar-refractivity contribution is -0.385. The Kier molecular flexibility index (Phi) is 8.23. The van der Waals surface area contributed by atoms with Gasteiger partial charge in [0.2, 0.25) is 5.91 Å². The fraction of sp³-hybridized carbons (Fsp3) is 0.600. The molecule has 0 aliphatic heterocycles. The van der Waals surface area contributed by atoms with Gasteiger partial charge < -0.3 is 9.64 Å². The lowest BCUT2D eigenvalue weighted by Gasteiger charge is -2.31. The van der Waals surface area contributed by atoms with E-state index in [1.54, 1.807) is 0 Å². The summed E-state index contributed by atoms with van der Waals surface area (Å²) >= 11 is 5.94. The zero-order valence-electron chi connectivity index (χ0n) is 16.4.